The van der Waals surface area contributed by atoms with Crippen molar-refractivity contribution in [2.45, 2.75) is 0 Å². The molecule has 2 aliphatic heterocycles. The van der Waals surface area contributed by atoms with Gasteiger partial charge in [0.05, 0.1) is 18.9 Å². The van der Waals surface area contributed by atoms with E-state index in [9.17, 15) is 9.59 Å². The summed E-state index contributed by atoms with van der Waals surface area (Å²) >= 11 is 6.18. The highest BCUT2D eigenvalue weighted by atomic mass is 35.5. The predicted octanol–water partition coefficient (Wildman–Crippen LogP) is 1.41. The molecule has 0 bridgehead atoms. The maximum Gasteiger partial charge on any atom is 0.283 e. The highest BCUT2D eigenvalue weighted by Crippen LogP contribution is 2.32. The number of imide groups is 1. The fraction of sp³-hybridized carbons (Fsp3) is 0.375. The second-order valence-corrected chi connectivity index (χ2v) is 6.00. The van der Waals surface area contributed by atoms with Gasteiger partial charge in [-0.15, -0.1) is 0 Å². The van der Waals surface area contributed by atoms with Crippen molar-refractivity contribution in [3.05, 3.63) is 35.0 Å². The molecular formula is C16H18ClN3O3. The Bertz CT molecular complexity index is 681. The summed E-state index contributed by atoms with van der Waals surface area (Å²) in [4.78, 5) is 30.1. The summed E-state index contributed by atoms with van der Waals surface area (Å²) in [6.07, 6.45) is 0. The number of carbonyl (C=O) groups excluding carboxylic acids is 2. The number of halogens is 1. The van der Waals surface area contributed by atoms with Crippen molar-refractivity contribution in [1.82, 2.24) is 4.90 Å². The molecule has 6 nitrogen and oxygen atoms in total. The number of amides is 2. The lowest BCUT2D eigenvalue weighted by molar-refractivity contribution is -0.121. The van der Waals surface area contributed by atoms with Crippen LogP contribution in [-0.4, -0.2) is 57.1 Å². The Morgan fingerprint density at radius 3 is 2.48 bits per heavy atom. The fourth-order valence-corrected chi connectivity index (χ4v) is 2.98. The monoisotopic (exact) mass is 335 g/mol. The third kappa shape index (κ3) is 2.80. The molecule has 0 radical (unpaired) electrons. The van der Waals surface area contributed by atoms with Crippen molar-refractivity contribution in [3.63, 3.8) is 0 Å². The largest absolute Gasteiger partial charge is 0.378 e. The maximum atomic E-state index is 12.8. The average Bonchev–Trinajstić information content (AvgIpc) is 2.78. The second kappa shape index (κ2) is 6.22. The van der Waals surface area contributed by atoms with E-state index in [0.717, 1.165) is 10.6 Å². The molecule has 1 fully saturated rings. The number of ether oxygens (including phenoxy) is 1. The molecule has 0 aromatic heterocycles. The summed E-state index contributed by atoms with van der Waals surface area (Å²) < 4.78 is 5.29. The van der Waals surface area contributed by atoms with E-state index in [4.69, 9.17) is 16.3 Å². The Morgan fingerprint density at radius 2 is 1.83 bits per heavy atom. The summed E-state index contributed by atoms with van der Waals surface area (Å²) in [5.41, 5.74) is 1.70. The molecule has 1 saturated heterocycles. The zero-order valence-electron chi connectivity index (χ0n) is 13.1. The molecule has 0 unspecified atom stereocenters. The van der Waals surface area contributed by atoms with Crippen LogP contribution in [-0.2, 0) is 14.3 Å². The number of anilines is 2. The number of nitrogens with zero attached hydrogens (tertiary/aromatic N) is 3. The van der Waals surface area contributed by atoms with Crippen molar-refractivity contribution in [3.8, 4) is 0 Å². The lowest BCUT2D eigenvalue weighted by atomic mass is 10.2. The molecule has 0 spiro atoms. The second-order valence-electron chi connectivity index (χ2n) is 5.62. The molecule has 7 heteroatoms. The Kier molecular flexibility index (Phi) is 4.28. The SMILES string of the molecule is CN(C)c1cccc(N2C(=O)C(Cl)=C(N3CCOCC3)C2=O)c1. The Morgan fingerprint density at radius 1 is 1.13 bits per heavy atom. The number of hydrogen-bond donors (Lipinski definition) is 0. The minimum Gasteiger partial charge on any atom is -0.378 e. The van der Waals surface area contributed by atoms with Gasteiger partial charge in [0, 0.05) is 32.9 Å². The number of hydrogen-bond acceptors (Lipinski definition) is 5. The first-order chi connectivity index (χ1) is 11.0. The van der Waals surface area contributed by atoms with Gasteiger partial charge in [0.25, 0.3) is 11.8 Å². The minimum absolute atomic E-state index is 0.0212. The van der Waals surface area contributed by atoms with E-state index in [0.29, 0.717) is 32.0 Å². The minimum atomic E-state index is -0.478. The van der Waals surface area contributed by atoms with E-state index in [2.05, 4.69) is 0 Å². The highest BCUT2D eigenvalue weighted by molar-refractivity contribution is 6.52. The van der Waals surface area contributed by atoms with Gasteiger partial charge >= 0.3 is 0 Å². The standard InChI is InChI=1S/C16H18ClN3O3/c1-18(2)11-4-3-5-12(10-11)20-15(21)13(17)14(16(20)22)19-6-8-23-9-7-19/h3-5,10H,6-9H2,1-2H3. The Labute approximate surface area is 139 Å². The van der Waals surface area contributed by atoms with Crippen LogP contribution >= 0.6 is 11.6 Å². The van der Waals surface area contributed by atoms with E-state index in [1.807, 2.05) is 36.0 Å². The first kappa shape index (κ1) is 15.8. The summed E-state index contributed by atoms with van der Waals surface area (Å²) in [7, 11) is 3.80. The van der Waals surface area contributed by atoms with Gasteiger partial charge < -0.3 is 14.5 Å². The quantitative estimate of drug-likeness (QED) is 0.782. The summed E-state index contributed by atoms with van der Waals surface area (Å²) in [5.74, 6) is -0.855. The molecule has 1 aromatic carbocycles. The molecule has 0 saturated carbocycles. The van der Waals surface area contributed by atoms with E-state index in [1.54, 1.807) is 12.1 Å². The van der Waals surface area contributed by atoms with Crippen LogP contribution in [0.2, 0.25) is 0 Å². The van der Waals surface area contributed by atoms with Crippen LogP contribution in [0.25, 0.3) is 0 Å². The van der Waals surface area contributed by atoms with Gasteiger partial charge in [0.2, 0.25) is 0 Å². The van der Waals surface area contributed by atoms with Crippen LogP contribution in [0.3, 0.4) is 0 Å². The molecule has 2 amide bonds. The van der Waals surface area contributed by atoms with Gasteiger partial charge in [-0.25, -0.2) is 4.90 Å². The van der Waals surface area contributed by atoms with Crippen molar-refractivity contribution in [2.24, 2.45) is 0 Å². The highest BCUT2D eigenvalue weighted by Gasteiger charge is 2.41. The maximum absolute atomic E-state index is 12.8. The Balaban J connectivity index is 1.93. The lowest BCUT2D eigenvalue weighted by Crippen LogP contribution is -2.40. The van der Waals surface area contributed by atoms with E-state index >= 15 is 0 Å². The van der Waals surface area contributed by atoms with Crippen molar-refractivity contribution in [1.29, 1.82) is 0 Å². The van der Waals surface area contributed by atoms with Crippen LogP contribution in [0.4, 0.5) is 11.4 Å². The summed E-state index contributed by atoms with van der Waals surface area (Å²) in [6, 6.07) is 7.25. The van der Waals surface area contributed by atoms with Gasteiger partial charge in [-0.1, -0.05) is 17.7 Å². The van der Waals surface area contributed by atoms with Gasteiger partial charge in [-0.2, -0.15) is 0 Å². The molecule has 23 heavy (non-hydrogen) atoms. The summed E-state index contributed by atoms with van der Waals surface area (Å²) in [6.45, 7) is 2.14. The molecule has 1 aromatic rings. The average molecular weight is 336 g/mol. The number of rotatable bonds is 3. The number of benzene rings is 1. The van der Waals surface area contributed by atoms with Gasteiger partial charge in [-0.05, 0) is 18.2 Å². The molecule has 2 aliphatic rings. The number of carbonyl (C=O) groups is 2. The third-order valence-corrected chi connectivity index (χ3v) is 4.28. The third-order valence-electron chi connectivity index (χ3n) is 3.94. The fourth-order valence-electron chi connectivity index (χ4n) is 2.70. The molecule has 2 heterocycles. The van der Waals surface area contributed by atoms with Gasteiger partial charge in [0.15, 0.2) is 0 Å². The van der Waals surface area contributed by atoms with Crippen LogP contribution < -0.4 is 9.80 Å². The zero-order chi connectivity index (χ0) is 16.6. The van der Waals surface area contributed by atoms with Crippen LogP contribution in [0, 0.1) is 0 Å². The topological polar surface area (TPSA) is 53.1 Å². The number of morpholine rings is 1. The van der Waals surface area contributed by atoms with E-state index in [-0.39, 0.29) is 16.6 Å². The smallest absolute Gasteiger partial charge is 0.283 e. The molecular weight excluding hydrogens is 318 g/mol. The van der Waals surface area contributed by atoms with Crippen molar-refractivity contribution >= 4 is 34.8 Å². The first-order valence-corrected chi connectivity index (χ1v) is 7.77. The first-order valence-electron chi connectivity index (χ1n) is 7.39. The van der Waals surface area contributed by atoms with Crippen LogP contribution in [0.5, 0.6) is 0 Å². The molecule has 0 aliphatic carbocycles. The molecule has 3 rings (SSSR count). The van der Waals surface area contributed by atoms with Crippen molar-refractivity contribution in [2.75, 3.05) is 50.2 Å². The normalized spacial score (nSPS) is 18.9. The summed E-state index contributed by atoms with van der Waals surface area (Å²) in [5, 5.41) is -0.0212. The van der Waals surface area contributed by atoms with E-state index < -0.39 is 5.91 Å². The lowest BCUT2D eigenvalue weighted by Gasteiger charge is -2.29. The molecule has 0 N–H and O–H groups in total. The molecule has 122 valence electrons. The van der Waals surface area contributed by atoms with Crippen LogP contribution in [0.1, 0.15) is 0 Å². The predicted molar refractivity (Wildman–Crippen MR) is 88.5 cm³/mol. The van der Waals surface area contributed by atoms with Crippen molar-refractivity contribution < 1.29 is 14.3 Å². The molecule has 0 atom stereocenters. The van der Waals surface area contributed by atoms with Gasteiger partial charge in [-0.3, -0.25) is 9.59 Å². The van der Waals surface area contributed by atoms with E-state index in [1.165, 1.54) is 0 Å². The van der Waals surface area contributed by atoms with Crippen LogP contribution in [0.15, 0.2) is 35.0 Å². The Hall–Kier alpha value is -2.05. The zero-order valence-corrected chi connectivity index (χ0v) is 13.8. The van der Waals surface area contributed by atoms with Gasteiger partial charge in [0.1, 0.15) is 10.7 Å².